The Hall–Kier alpha value is 0.480. The van der Waals surface area contributed by atoms with E-state index < -0.39 is 0 Å². The van der Waals surface area contributed by atoms with Crippen LogP contribution in [0.2, 0.25) is 0 Å². The van der Waals surface area contributed by atoms with Gasteiger partial charge in [-0.3, -0.25) is 4.79 Å². The number of rotatable bonds is 2. The van der Waals surface area contributed by atoms with Gasteiger partial charge in [-0.2, -0.15) is 0 Å². The number of halogens is 3. The maximum Gasteiger partial charge on any atom is 0.302 e. The molecule has 0 bridgehead atoms. The third kappa shape index (κ3) is 3.03. The Morgan fingerprint density at radius 3 is 1.94 bits per heavy atom. The van der Waals surface area contributed by atoms with Crippen molar-refractivity contribution in [2.24, 2.45) is 0 Å². The monoisotopic (exact) mass is 558 g/mol. The van der Waals surface area contributed by atoms with Crippen molar-refractivity contribution in [1.82, 2.24) is 0 Å². The van der Waals surface area contributed by atoms with Crippen molar-refractivity contribution in [3.8, 4) is 0 Å². The first-order chi connectivity index (χ1) is 7.36. The molecule has 16 heavy (non-hydrogen) atoms. The van der Waals surface area contributed by atoms with E-state index in [2.05, 4.69) is 67.8 Å². The fourth-order valence-electron chi connectivity index (χ4n) is 1.06. The number of ether oxygens (including phenoxy) is 1. The molecule has 1 rings (SSSR count). The molecule has 4 N–H and O–H groups in total. The summed E-state index contributed by atoms with van der Waals surface area (Å²) in [5, 5.41) is 0. The maximum absolute atomic E-state index is 10.8. The molecule has 4 nitrogen and oxygen atoms in total. The summed E-state index contributed by atoms with van der Waals surface area (Å²) in [4.78, 5) is 10.8. The van der Waals surface area contributed by atoms with E-state index in [0.29, 0.717) is 11.4 Å². The lowest BCUT2D eigenvalue weighted by molar-refractivity contribution is -0.142. The molecule has 0 fully saturated rings. The van der Waals surface area contributed by atoms with Gasteiger partial charge >= 0.3 is 5.97 Å². The summed E-state index contributed by atoms with van der Waals surface area (Å²) < 4.78 is 7.60. The topological polar surface area (TPSA) is 78.3 Å². The zero-order chi connectivity index (χ0) is 12.5. The second kappa shape index (κ2) is 5.89. The number of benzene rings is 1. The largest absolute Gasteiger partial charge is 0.461 e. The maximum atomic E-state index is 10.8. The van der Waals surface area contributed by atoms with Gasteiger partial charge in [0.1, 0.15) is 6.61 Å². The zero-order valence-corrected chi connectivity index (χ0v) is 14.8. The summed E-state index contributed by atoms with van der Waals surface area (Å²) in [6.45, 7) is 1.58. The van der Waals surface area contributed by atoms with Crippen molar-refractivity contribution >= 4 is 85.1 Å². The summed E-state index contributed by atoms with van der Waals surface area (Å²) >= 11 is 6.39. The molecule has 1 aromatic rings. The van der Waals surface area contributed by atoms with Crippen LogP contribution in [-0.2, 0) is 16.1 Å². The molecule has 0 aliphatic carbocycles. The minimum atomic E-state index is -0.317. The van der Waals surface area contributed by atoms with Gasteiger partial charge in [0.15, 0.2) is 0 Å². The van der Waals surface area contributed by atoms with Gasteiger partial charge in [0.25, 0.3) is 0 Å². The number of carbonyl (C=O) groups excluding carboxylic acids is 1. The van der Waals surface area contributed by atoms with E-state index in [9.17, 15) is 4.79 Å². The lowest BCUT2D eigenvalue weighted by atomic mass is 10.2. The van der Waals surface area contributed by atoms with Gasteiger partial charge in [-0.25, -0.2) is 0 Å². The Morgan fingerprint density at radius 2 is 1.56 bits per heavy atom. The van der Waals surface area contributed by atoms with Gasteiger partial charge in [0, 0.05) is 19.6 Å². The number of nitrogens with two attached hydrogens (primary N) is 2. The van der Waals surface area contributed by atoms with Crippen LogP contribution >= 0.6 is 67.8 Å². The van der Waals surface area contributed by atoms with Gasteiger partial charge in [0.05, 0.1) is 14.9 Å². The molecular weight excluding hydrogens is 549 g/mol. The molecule has 0 aromatic heterocycles. The molecule has 0 saturated heterocycles. The minimum absolute atomic E-state index is 0.206. The van der Waals surface area contributed by atoms with Crippen molar-refractivity contribution in [3.63, 3.8) is 0 Å². The summed E-state index contributed by atoms with van der Waals surface area (Å²) in [5.41, 5.74) is 14.0. The first-order valence-corrected chi connectivity index (χ1v) is 7.43. The van der Waals surface area contributed by atoms with Crippen LogP contribution in [0.15, 0.2) is 0 Å². The van der Waals surface area contributed by atoms with Crippen molar-refractivity contribution in [2.45, 2.75) is 13.5 Å². The third-order valence-electron chi connectivity index (χ3n) is 1.90. The highest BCUT2D eigenvalue weighted by Gasteiger charge is 2.17. The Kier molecular flexibility index (Phi) is 5.35. The van der Waals surface area contributed by atoms with Crippen LogP contribution in [0.25, 0.3) is 0 Å². The lowest BCUT2D eigenvalue weighted by Crippen LogP contribution is -2.09. The molecule has 1 aromatic carbocycles. The van der Waals surface area contributed by atoms with Crippen molar-refractivity contribution in [3.05, 3.63) is 16.3 Å². The number of hydrogen-bond donors (Lipinski definition) is 2. The quantitative estimate of drug-likeness (QED) is 0.333. The molecule has 0 atom stereocenters. The predicted octanol–water partition coefficient (Wildman–Crippen LogP) is 2.73. The van der Waals surface area contributed by atoms with E-state index in [1.165, 1.54) is 6.92 Å². The van der Waals surface area contributed by atoms with Crippen LogP contribution < -0.4 is 11.5 Å². The van der Waals surface area contributed by atoms with E-state index in [1.807, 2.05) is 0 Å². The highest BCUT2D eigenvalue weighted by atomic mass is 127. The Labute approximate surface area is 134 Å². The standard InChI is InChI=1S/C9H9I3N2O2/c1-3(15)16-2-4-5(10)8(13)7(12)9(14)6(4)11/h2,13-14H2,1H3. The summed E-state index contributed by atoms with van der Waals surface area (Å²) in [6, 6.07) is 0. The van der Waals surface area contributed by atoms with Gasteiger partial charge in [-0.15, -0.1) is 0 Å². The molecule has 0 heterocycles. The molecular formula is C9H9I3N2O2. The number of nitrogen functional groups attached to an aromatic ring is 2. The number of anilines is 2. The summed E-state index contributed by atoms with van der Waals surface area (Å²) in [6.07, 6.45) is 0. The van der Waals surface area contributed by atoms with E-state index in [4.69, 9.17) is 16.2 Å². The van der Waals surface area contributed by atoms with E-state index in [1.54, 1.807) is 0 Å². The van der Waals surface area contributed by atoms with Gasteiger partial charge in [0.2, 0.25) is 0 Å². The van der Waals surface area contributed by atoms with Gasteiger partial charge in [-0.05, 0) is 67.8 Å². The fraction of sp³-hybridized carbons (Fsp3) is 0.222. The molecule has 0 unspecified atom stereocenters. The number of hydrogen-bond acceptors (Lipinski definition) is 4. The van der Waals surface area contributed by atoms with Crippen LogP contribution in [-0.4, -0.2) is 5.97 Å². The first-order valence-electron chi connectivity index (χ1n) is 4.19. The van der Waals surface area contributed by atoms with Crippen molar-refractivity contribution < 1.29 is 9.53 Å². The summed E-state index contributed by atoms with van der Waals surface area (Å²) in [7, 11) is 0. The van der Waals surface area contributed by atoms with Crippen LogP contribution in [0.3, 0.4) is 0 Å². The predicted molar refractivity (Wildman–Crippen MR) is 88.9 cm³/mol. The molecule has 0 aliphatic rings. The molecule has 7 heteroatoms. The molecule has 0 radical (unpaired) electrons. The lowest BCUT2D eigenvalue weighted by Gasteiger charge is -2.14. The van der Waals surface area contributed by atoms with Crippen molar-refractivity contribution in [1.29, 1.82) is 0 Å². The van der Waals surface area contributed by atoms with Gasteiger partial charge < -0.3 is 16.2 Å². The first kappa shape index (κ1) is 14.5. The summed E-state index contributed by atoms with van der Waals surface area (Å²) in [5.74, 6) is -0.317. The number of esters is 1. The average molecular weight is 558 g/mol. The molecule has 0 aliphatic heterocycles. The zero-order valence-electron chi connectivity index (χ0n) is 8.31. The fourth-order valence-corrected chi connectivity index (χ4v) is 4.54. The normalized spacial score (nSPS) is 10.2. The average Bonchev–Trinajstić information content (AvgIpc) is 2.23. The minimum Gasteiger partial charge on any atom is -0.461 e. The van der Waals surface area contributed by atoms with Crippen LogP contribution in [0.5, 0.6) is 0 Å². The Bertz CT molecular complexity index is 420. The second-order valence-electron chi connectivity index (χ2n) is 3.03. The van der Waals surface area contributed by atoms with E-state index in [-0.39, 0.29) is 12.6 Å². The molecule has 0 spiro atoms. The molecule has 0 amide bonds. The second-order valence-corrected chi connectivity index (χ2v) is 6.26. The Balaban J connectivity index is 3.23. The third-order valence-corrected chi connectivity index (χ3v) is 5.52. The van der Waals surface area contributed by atoms with Crippen LogP contribution in [0.4, 0.5) is 11.4 Å². The van der Waals surface area contributed by atoms with Crippen molar-refractivity contribution in [2.75, 3.05) is 11.5 Å². The van der Waals surface area contributed by atoms with Crippen LogP contribution in [0, 0.1) is 10.7 Å². The molecule has 88 valence electrons. The van der Waals surface area contributed by atoms with Gasteiger partial charge in [-0.1, -0.05) is 0 Å². The smallest absolute Gasteiger partial charge is 0.302 e. The van der Waals surface area contributed by atoms with E-state index >= 15 is 0 Å². The van der Waals surface area contributed by atoms with E-state index in [0.717, 1.165) is 16.3 Å². The Morgan fingerprint density at radius 1 is 1.12 bits per heavy atom. The number of carbonyl (C=O) groups is 1. The highest BCUT2D eigenvalue weighted by molar-refractivity contribution is 14.1. The SMILES string of the molecule is CC(=O)OCc1c(I)c(N)c(I)c(N)c1I. The highest BCUT2D eigenvalue weighted by Crippen LogP contribution is 2.35. The van der Waals surface area contributed by atoms with Crippen LogP contribution in [0.1, 0.15) is 12.5 Å². The molecule has 0 saturated carbocycles.